The van der Waals surface area contributed by atoms with Crippen molar-refractivity contribution in [2.45, 2.75) is 45.3 Å². The van der Waals surface area contributed by atoms with Crippen LogP contribution in [0.25, 0.3) is 5.69 Å². The SMILES string of the molecule is CC(C)(C)OC(=O)N1CCC(Oc2cc(=S)n(-c3ccc(C#N)c(F)c3)cc2Cl)CC1. The fourth-order valence-corrected chi connectivity index (χ4v) is 3.65. The van der Waals surface area contributed by atoms with Crippen LogP contribution >= 0.6 is 23.8 Å². The summed E-state index contributed by atoms with van der Waals surface area (Å²) in [6.45, 7) is 6.56. The second-order valence-electron chi connectivity index (χ2n) is 8.25. The zero-order valence-corrected chi connectivity index (χ0v) is 19.1. The molecule has 3 rings (SSSR count). The summed E-state index contributed by atoms with van der Waals surface area (Å²) in [7, 11) is 0. The summed E-state index contributed by atoms with van der Waals surface area (Å²) in [5.74, 6) is -0.192. The molecule has 0 bridgehead atoms. The van der Waals surface area contributed by atoms with Crippen molar-refractivity contribution in [1.29, 1.82) is 5.26 Å². The Morgan fingerprint density at radius 1 is 1.29 bits per heavy atom. The third-order valence-electron chi connectivity index (χ3n) is 4.71. The number of piperidine rings is 1. The number of pyridine rings is 1. The third-order valence-corrected chi connectivity index (χ3v) is 5.31. The van der Waals surface area contributed by atoms with Crippen LogP contribution in [0.5, 0.6) is 5.75 Å². The molecule has 6 nitrogen and oxygen atoms in total. The van der Waals surface area contributed by atoms with Crippen LogP contribution in [0.15, 0.2) is 30.5 Å². The molecule has 1 aromatic heterocycles. The van der Waals surface area contributed by atoms with Crippen LogP contribution in [0.1, 0.15) is 39.2 Å². The minimum Gasteiger partial charge on any atom is -0.489 e. The Morgan fingerprint density at radius 3 is 2.55 bits per heavy atom. The van der Waals surface area contributed by atoms with E-state index in [-0.39, 0.29) is 17.8 Å². The number of hydrogen-bond donors (Lipinski definition) is 0. The van der Waals surface area contributed by atoms with Crippen LogP contribution < -0.4 is 4.74 Å². The first-order chi connectivity index (χ1) is 14.6. The van der Waals surface area contributed by atoms with Crippen molar-refractivity contribution in [3.05, 3.63) is 51.5 Å². The van der Waals surface area contributed by atoms with Gasteiger partial charge in [-0.05, 0) is 39.0 Å². The van der Waals surface area contributed by atoms with Crippen molar-refractivity contribution < 1.29 is 18.7 Å². The molecule has 9 heteroatoms. The van der Waals surface area contributed by atoms with Gasteiger partial charge < -0.3 is 18.9 Å². The van der Waals surface area contributed by atoms with Gasteiger partial charge in [-0.15, -0.1) is 0 Å². The lowest BCUT2D eigenvalue weighted by Crippen LogP contribution is -2.44. The number of amides is 1. The van der Waals surface area contributed by atoms with Gasteiger partial charge in [0.05, 0.1) is 10.6 Å². The second-order valence-corrected chi connectivity index (χ2v) is 9.08. The first-order valence-corrected chi connectivity index (χ1v) is 10.6. The molecule has 1 saturated heterocycles. The smallest absolute Gasteiger partial charge is 0.410 e. The highest BCUT2D eigenvalue weighted by molar-refractivity contribution is 7.71. The fourth-order valence-electron chi connectivity index (χ4n) is 3.19. The van der Waals surface area contributed by atoms with Gasteiger partial charge in [-0.25, -0.2) is 9.18 Å². The van der Waals surface area contributed by atoms with Gasteiger partial charge in [0.2, 0.25) is 0 Å². The monoisotopic (exact) mass is 463 g/mol. The van der Waals surface area contributed by atoms with Gasteiger partial charge in [-0.1, -0.05) is 23.8 Å². The van der Waals surface area contributed by atoms with E-state index in [1.807, 2.05) is 20.8 Å². The number of nitriles is 1. The topological polar surface area (TPSA) is 67.5 Å². The molecule has 1 aromatic carbocycles. The number of nitrogens with zero attached hydrogens (tertiary/aromatic N) is 3. The number of hydrogen-bond acceptors (Lipinski definition) is 5. The van der Waals surface area contributed by atoms with Crippen LogP contribution in [0.4, 0.5) is 9.18 Å². The van der Waals surface area contributed by atoms with Crippen molar-refractivity contribution in [3.8, 4) is 17.5 Å². The first-order valence-electron chi connectivity index (χ1n) is 9.84. The van der Waals surface area contributed by atoms with E-state index >= 15 is 0 Å². The predicted molar refractivity (Wildman–Crippen MR) is 118 cm³/mol. The molecule has 2 heterocycles. The molecule has 0 saturated carbocycles. The molecule has 0 spiro atoms. The standard InChI is InChI=1S/C22H23ClFN3O3S/c1-22(2,3)30-21(28)26-8-6-16(7-9-26)29-19-11-20(31)27(13-17(19)23)15-5-4-14(12-25)18(24)10-15/h4-5,10-11,13,16H,6-9H2,1-3H3. The minimum absolute atomic E-state index is 0.0426. The number of halogens is 2. The Bertz CT molecular complexity index is 1080. The number of carbonyl (C=O) groups is 1. The summed E-state index contributed by atoms with van der Waals surface area (Å²) < 4.78 is 27.4. The number of likely N-dealkylation sites (tertiary alicyclic amines) is 1. The average Bonchev–Trinajstić information content (AvgIpc) is 2.69. The van der Waals surface area contributed by atoms with Crippen LogP contribution in [0, 0.1) is 21.8 Å². The lowest BCUT2D eigenvalue weighted by Gasteiger charge is -2.33. The first kappa shape index (κ1) is 23.0. The molecular formula is C22H23ClFN3O3S. The van der Waals surface area contributed by atoms with Gasteiger partial charge >= 0.3 is 6.09 Å². The van der Waals surface area contributed by atoms with E-state index in [4.69, 9.17) is 38.6 Å². The lowest BCUT2D eigenvalue weighted by molar-refractivity contribution is 0.0126. The lowest BCUT2D eigenvalue weighted by atomic mass is 10.1. The summed E-state index contributed by atoms with van der Waals surface area (Å²) in [4.78, 5) is 13.9. The Labute approximate surface area is 190 Å². The number of ether oxygens (including phenoxy) is 2. The quantitative estimate of drug-likeness (QED) is 0.550. The van der Waals surface area contributed by atoms with Crippen molar-refractivity contribution in [1.82, 2.24) is 9.47 Å². The Morgan fingerprint density at radius 2 is 1.97 bits per heavy atom. The van der Waals surface area contributed by atoms with E-state index in [0.717, 1.165) is 0 Å². The molecule has 1 fully saturated rings. The average molecular weight is 464 g/mol. The van der Waals surface area contributed by atoms with Crippen LogP contribution in [0.3, 0.4) is 0 Å². The van der Waals surface area contributed by atoms with Gasteiger partial charge in [0.1, 0.15) is 34.0 Å². The summed E-state index contributed by atoms with van der Waals surface area (Å²) in [5, 5.41) is 9.21. The Hall–Kier alpha value is -2.63. The van der Waals surface area contributed by atoms with E-state index in [9.17, 15) is 9.18 Å². The number of carbonyl (C=O) groups excluding carboxylic acids is 1. The zero-order chi connectivity index (χ0) is 22.8. The van der Waals surface area contributed by atoms with E-state index in [0.29, 0.717) is 47.0 Å². The number of aromatic nitrogens is 1. The highest BCUT2D eigenvalue weighted by atomic mass is 35.5. The Balaban J connectivity index is 1.68. The maximum atomic E-state index is 14.0. The minimum atomic E-state index is -0.630. The molecule has 0 N–H and O–H groups in total. The summed E-state index contributed by atoms with van der Waals surface area (Å²) in [5.41, 5.74) is -0.116. The van der Waals surface area contributed by atoms with Gasteiger partial charge in [-0.2, -0.15) is 5.26 Å². The molecule has 1 amide bonds. The van der Waals surface area contributed by atoms with E-state index in [2.05, 4.69) is 0 Å². The van der Waals surface area contributed by atoms with Crippen molar-refractivity contribution >= 4 is 29.9 Å². The third kappa shape index (κ3) is 5.75. The van der Waals surface area contributed by atoms with Crippen LogP contribution in [-0.4, -0.2) is 40.4 Å². The maximum Gasteiger partial charge on any atom is 0.410 e. The zero-order valence-electron chi connectivity index (χ0n) is 17.5. The second kappa shape index (κ2) is 9.25. The van der Waals surface area contributed by atoms with E-state index in [1.54, 1.807) is 33.9 Å². The molecule has 31 heavy (non-hydrogen) atoms. The molecule has 0 unspecified atom stereocenters. The van der Waals surface area contributed by atoms with Crippen LogP contribution in [0.2, 0.25) is 5.02 Å². The molecule has 1 aliphatic heterocycles. The number of benzene rings is 1. The predicted octanol–water partition coefficient (Wildman–Crippen LogP) is 5.65. The van der Waals surface area contributed by atoms with Gasteiger partial charge in [0.25, 0.3) is 0 Å². The normalized spacial score (nSPS) is 14.8. The molecule has 1 aliphatic rings. The molecule has 0 atom stereocenters. The molecule has 0 aliphatic carbocycles. The van der Waals surface area contributed by atoms with Crippen molar-refractivity contribution in [2.75, 3.05) is 13.1 Å². The van der Waals surface area contributed by atoms with Gasteiger partial charge in [0, 0.05) is 43.9 Å². The molecular weight excluding hydrogens is 441 g/mol. The highest BCUT2D eigenvalue weighted by Crippen LogP contribution is 2.29. The fraction of sp³-hybridized carbons (Fsp3) is 0.409. The maximum absolute atomic E-state index is 14.0. The van der Waals surface area contributed by atoms with Crippen LogP contribution in [-0.2, 0) is 4.74 Å². The number of rotatable bonds is 3. The van der Waals surface area contributed by atoms with E-state index < -0.39 is 11.4 Å². The summed E-state index contributed by atoms with van der Waals surface area (Å²) >= 11 is 11.8. The van der Waals surface area contributed by atoms with E-state index in [1.165, 1.54) is 12.1 Å². The Kier molecular flexibility index (Phi) is 6.87. The largest absolute Gasteiger partial charge is 0.489 e. The highest BCUT2D eigenvalue weighted by Gasteiger charge is 2.28. The summed E-state index contributed by atoms with van der Waals surface area (Å²) in [6.07, 6.45) is 2.40. The van der Waals surface area contributed by atoms with Gasteiger partial charge in [-0.3, -0.25) is 0 Å². The van der Waals surface area contributed by atoms with Gasteiger partial charge in [0.15, 0.2) is 0 Å². The molecule has 2 aromatic rings. The summed E-state index contributed by atoms with van der Waals surface area (Å²) in [6, 6.07) is 7.63. The molecule has 0 radical (unpaired) electrons. The van der Waals surface area contributed by atoms with Crippen molar-refractivity contribution in [2.24, 2.45) is 0 Å². The van der Waals surface area contributed by atoms with Crippen molar-refractivity contribution in [3.63, 3.8) is 0 Å². The molecule has 164 valence electrons.